The lowest BCUT2D eigenvalue weighted by molar-refractivity contribution is 0.374. The van der Waals surface area contributed by atoms with Crippen LogP contribution in [-0.4, -0.2) is 69.2 Å². The summed E-state index contributed by atoms with van der Waals surface area (Å²) in [5.74, 6) is 1.98. The number of sulfonamides is 1. The van der Waals surface area contributed by atoms with E-state index in [1.165, 1.54) is 33.5 Å². The highest BCUT2D eigenvalue weighted by Crippen LogP contribution is 2.42. The second-order valence-corrected chi connectivity index (χ2v) is 11.8. The van der Waals surface area contributed by atoms with Crippen molar-refractivity contribution in [3.8, 4) is 28.6 Å². The molecule has 43 heavy (non-hydrogen) atoms. The first-order chi connectivity index (χ1) is 20.7. The number of fused-ring (bicyclic) bond motifs is 1. The van der Waals surface area contributed by atoms with Crippen LogP contribution < -0.4 is 29.1 Å². The summed E-state index contributed by atoms with van der Waals surface area (Å²) >= 11 is 0. The number of H-pyrrole nitrogens is 1. The maximum atomic E-state index is 13.8. The molecule has 1 aliphatic carbocycles. The van der Waals surface area contributed by atoms with Gasteiger partial charge in [0.1, 0.15) is 17.2 Å². The van der Waals surface area contributed by atoms with Crippen LogP contribution >= 0.6 is 0 Å². The monoisotopic (exact) mass is 606 g/mol. The summed E-state index contributed by atoms with van der Waals surface area (Å²) in [7, 11) is 3.71. The second-order valence-electron chi connectivity index (χ2n) is 10.2. The van der Waals surface area contributed by atoms with Crippen molar-refractivity contribution >= 4 is 44.0 Å². The van der Waals surface area contributed by atoms with E-state index < -0.39 is 10.0 Å². The summed E-state index contributed by atoms with van der Waals surface area (Å²) in [6.07, 6.45) is 5.63. The Bertz CT molecular complexity index is 1870. The minimum Gasteiger partial charge on any atom is -0.495 e. The molecule has 0 spiro atoms. The molecule has 0 radical (unpaired) electrons. The number of ether oxygens (including phenoxy) is 3. The van der Waals surface area contributed by atoms with Crippen LogP contribution in [0.1, 0.15) is 24.5 Å². The number of aromatic nitrogens is 5. The number of rotatable bonds is 11. The molecule has 3 aromatic heterocycles. The van der Waals surface area contributed by atoms with Crippen LogP contribution in [0, 0.1) is 0 Å². The summed E-state index contributed by atoms with van der Waals surface area (Å²) < 4.78 is 52.1. The van der Waals surface area contributed by atoms with Crippen LogP contribution in [-0.2, 0) is 10.0 Å². The summed E-state index contributed by atoms with van der Waals surface area (Å²) in [6, 6.07) is 8.33. The zero-order valence-corrected chi connectivity index (χ0v) is 24.9. The third-order valence-electron chi connectivity index (χ3n) is 7.04. The van der Waals surface area contributed by atoms with E-state index in [1.807, 2.05) is 25.1 Å². The summed E-state index contributed by atoms with van der Waals surface area (Å²) in [4.78, 5) is 10.4. The van der Waals surface area contributed by atoms with Gasteiger partial charge >= 0.3 is 0 Å². The molecule has 0 unspecified atom stereocenters. The van der Waals surface area contributed by atoms with Crippen molar-refractivity contribution in [2.45, 2.75) is 23.7 Å². The third kappa shape index (κ3) is 5.46. The lowest BCUT2D eigenvalue weighted by Crippen LogP contribution is -2.16. The van der Waals surface area contributed by atoms with Crippen molar-refractivity contribution in [1.29, 1.82) is 0 Å². The van der Waals surface area contributed by atoms with Gasteiger partial charge in [-0.1, -0.05) is 5.16 Å². The summed E-state index contributed by atoms with van der Waals surface area (Å²) in [5, 5.41) is 15.0. The molecule has 15 heteroatoms. The fraction of sp³-hybridized carbons (Fsp3) is 0.286. The van der Waals surface area contributed by atoms with Gasteiger partial charge in [0.25, 0.3) is 10.0 Å². The average molecular weight is 607 g/mol. The Labute approximate surface area is 247 Å². The van der Waals surface area contributed by atoms with Gasteiger partial charge in [0.15, 0.2) is 27.9 Å². The lowest BCUT2D eigenvalue weighted by Gasteiger charge is -2.16. The van der Waals surface area contributed by atoms with Gasteiger partial charge < -0.3 is 29.0 Å². The van der Waals surface area contributed by atoms with Crippen molar-refractivity contribution < 1.29 is 27.2 Å². The first-order valence-corrected chi connectivity index (χ1v) is 14.8. The van der Waals surface area contributed by atoms with Crippen LogP contribution in [0.15, 0.2) is 52.1 Å². The highest BCUT2D eigenvalue weighted by atomic mass is 32.2. The number of anilines is 4. The van der Waals surface area contributed by atoms with Crippen LogP contribution in [0.25, 0.3) is 22.4 Å². The highest BCUT2D eigenvalue weighted by Gasteiger charge is 2.29. The van der Waals surface area contributed by atoms with Gasteiger partial charge in [0.2, 0.25) is 0 Å². The minimum atomic E-state index is -4.30. The normalized spacial score (nSPS) is 13.1. The first-order valence-electron chi connectivity index (χ1n) is 13.3. The fourth-order valence-corrected chi connectivity index (χ4v) is 5.92. The van der Waals surface area contributed by atoms with Crippen LogP contribution in [0.2, 0.25) is 0 Å². The van der Waals surface area contributed by atoms with Gasteiger partial charge in [-0.05, 0) is 31.0 Å². The van der Waals surface area contributed by atoms with Gasteiger partial charge in [-0.2, -0.15) is 5.10 Å². The third-order valence-corrected chi connectivity index (χ3v) is 8.44. The molecule has 224 valence electrons. The second kappa shape index (κ2) is 11.0. The maximum absolute atomic E-state index is 13.8. The number of hydrogen-bond acceptors (Lipinski definition) is 12. The SMILES string of the molecule is COc1cc2c(NS(=O)(=O)c3c(OC)cc(-c4ncc(N(C)C)cn4)cc3OC)noc2cc1Nc1cc(C2CC2)[nH]n1. The van der Waals surface area contributed by atoms with E-state index in [-0.39, 0.29) is 22.2 Å². The van der Waals surface area contributed by atoms with Gasteiger partial charge in [-0.25, -0.2) is 18.4 Å². The van der Waals surface area contributed by atoms with Crippen molar-refractivity contribution in [3.05, 3.63) is 48.4 Å². The largest absolute Gasteiger partial charge is 0.495 e. The topological polar surface area (TPSA) is 170 Å². The molecule has 0 aliphatic heterocycles. The molecule has 0 atom stereocenters. The van der Waals surface area contributed by atoms with Gasteiger partial charge in [-0.3, -0.25) is 9.82 Å². The van der Waals surface area contributed by atoms with Crippen molar-refractivity contribution in [2.24, 2.45) is 0 Å². The van der Waals surface area contributed by atoms with E-state index in [9.17, 15) is 8.42 Å². The van der Waals surface area contributed by atoms with E-state index in [0.717, 1.165) is 24.2 Å². The molecule has 14 nitrogen and oxygen atoms in total. The molecule has 3 N–H and O–H groups in total. The molecule has 6 rings (SSSR count). The highest BCUT2D eigenvalue weighted by molar-refractivity contribution is 7.93. The lowest BCUT2D eigenvalue weighted by atomic mass is 10.2. The predicted octanol–water partition coefficient (Wildman–Crippen LogP) is 4.52. The smallest absolute Gasteiger partial charge is 0.270 e. The quantitative estimate of drug-likeness (QED) is 0.192. The molecule has 1 fully saturated rings. The number of methoxy groups -OCH3 is 3. The number of nitrogens with one attached hydrogen (secondary N) is 3. The Hall–Kier alpha value is -5.05. The molecule has 1 aliphatic rings. The molecule has 2 aromatic carbocycles. The average Bonchev–Trinajstić information content (AvgIpc) is 3.65. The Morgan fingerprint density at radius 1 is 0.953 bits per heavy atom. The predicted molar refractivity (Wildman–Crippen MR) is 160 cm³/mol. The minimum absolute atomic E-state index is 0.0311. The van der Waals surface area contributed by atoms with Crippen molar-refractivity contribution in [3.63, 3.8) is 0 Å². The summed E-state index contributed by atoms with van der Waals surface area (Å²) in [6.45, 7) is 0. The van der Waals surface area contributed by atoms with Gasteiger partial charge in [0, 0.05) is 43.4 Å². The molecule has 1 saturated carbocycles. The van der Waals surface area contributed by atoms with Crippen LogP contribution in [0.5, 0.6) is 17.2 Å². The Balaban J connectivity index is 1.32. The van der Waals surface area contributed by atoms with E-state index in [0.29, 0.717) is 45.5 Å². The molecular weight excluding hydrogens is 576 g/mol. The Kier molecular flexibility index (Phi) is 7.17. The number of hydrogen-bond donors (Lipinski definition) is 3. The summed E-state index contributed by atoms with van der Waals surface area (Å²) in [5.41, 5.74) is 3.30. The molecule has 0 saturated heterocycles. The fourth-order valence-electron chi connectivity index (χ4n) is 4.60. The van der Waals surface area contributed by atoms with Crippen LogP contribution in [0.4, 0.5) is 23.0 Å². The molecule has 3 heterocycles. The van der Waals surface area contributed by atoms with Crippen molar-refractivity contribution in [1.82, 2.24) is 25.3 Å². The van der Waals surface area contributed by atoms with Gasteiger partial charge in [0.05, 0.1) is 50.5 Å². The zero-order chi connectivity index (χ0) is 30.3. The molecule has 0 amide bonds. The number of nitrogens with zero attached hydrogens (tertiary/aromatic N) is 5. The van der Waals surface area contributed by atoms with E-state index in [4.69, 9.17) is 18.7 Å². The number of aromatic amines is 1. The van der Waals surface area contributed by atoms with E-state index in [2.05, 4.69) is 35.4 Å². The van der Waals surface area contributed by atoms with Crippen molar-refractivity contribution in [2.75, 3.05) is 50.4 Å². The first kappa shape index (κ1) is 28.1. The Morgan fingerprint density at radius 2 is 1.63 bits per heavy atom. The molecule has 0 bridgehead atoms. The van der Waals surface area contributed by atoms with Gasteiger partial charge in [-0.15, -0.1) is 0 Å². The molecule has 5 aromatic rings. The zero-order valence-electron chi connectivity index (χ0n) is 24.1. The van der Waals surface area contributed by atoms with Crippen LogP contribution in [0.3, 0.4) is 0 Å². The van der Waals surface area contributed by atoms with E-state index >= 15 is 0 Å². The molecular formula is C28H30N8O6S. The number of benzene rings is 2. The Morgan fingerprint density at radius 3 is 2.23 bits per heavy atom. The standard InChI is InChI=1S/C28H30N8O6S/c1-36(2)17-13-29-27(30-14-17)16-8-23(40-4)26(24(9-16)41-5)43(37,38)35-28-18-10-22(39-3)20(11-21(18)42-34-28)31-25-12-19(32-33-25)15-6-7-15/h8-15H,6-7H2,1-5H3,(H,34,35)(H2,31,32,33). The van der Waals surface area contributed by atoms with E-state index in [1.54, 1.807) is 24.5 Å². The maximum Gasteiger partial charge on any atom is 0.270 e.